The summed E-state index contributed by atoms with van der Waals surface area (Å²) in [5, 5.41) is 11.3. The minimum atomic E-state index is -0.212. The van der Waals surface area contributed by atoms with Crippen molar-refractivity contribution >= 4 is 17.3 Å². The summed E-state index contributed by atoms with van der Waals surface area (Å²) in [6.07, 6.45) is 0. The Morgan fingerprint density at radius 1 is 1.45 bits per heavy atom. The quantitative estimate of drug-likeness (QED) is 0.382. The van der Waals surface area contributed by atoms with Crippen molar-refractivity contribution in [3.63, 3.8) is 0 Å². The summed E-state index contributed by atoms with van der Waals surface area (Å²) in [6.45, 7) is 1.80. The molecule has 1 aromatic carbocycles. The van der Waals surface area contributed by atoms with Gasteiger partial charge < -0.3 is 10.8 Å². The molecule has 0 fully saturated rings. The van der Waals surface area contributed by atoms with E-state index in [-0.39, 0.29) is 41.0 Å². The van der Waals surface area contributed by atoms with Crippen LogP contribution in [-0.4, -0.2) is 0 Å². The van der Waals surface area contributed by atoms with Gasteiger partial charge in [0, 0.05) is 10.7 Å². The second-order valence-corrected chi connectivity index (χ2v) is 2.55. The maximum absolute atomic E-state index is 10.8. The minimum absolute atomic E-state index is 0. The molecule has 0 aliphatic heterocycles. The van der Waals surface area contributed by atoms with Crippen LogP contribution < -0.4 is 40.4 Å². The van der Waals surface area contributed by atoms with Gasteiger partial charge in [0.05, 0.1) is 0 Å². The average Bonchev–Trinajstić information content (AvgIpc) is 1.84. The second-order valence-electron chi connectivity index (χ2n) is 2.14. The van der Waals surface area contributed by atoms with Crippen LogP contribution in [0.5, 0.6) is 5.75 Å². The number of nitrogens with two attached hydrogens (primary N) is 1. The van der Waals surface area contributed by atoms with Gasteiger partial charge in [-0.3, -0.25) is 0 Å². The number of aryl methyl sites for hydroxylation is 1. The minimum Gasteiger partial charge on any atom is -0.871 e. The van der Waals surface area contributed by atoms with E-state index in [9.17, 15) is 5.11 Å². The predicted octanol–water partition coefficient (Wildman–Crippen LogP) is -1.69. The Kier molecular flexibility index (Phi) is 4.26. The van der Waals surface area contributed by atoms with Crippen molar-refractivity contribution in [2.75, 3.05) is 5.73 Å². The van der Waals surface area contributed by atoms with Gasteiger partial charge in [-0.25, -0.2) is 0 Å². The summed E-state index contributed by atoms with van der Waals surface area (Å²) in [5.74, 6) is -0.212. The number of nitrogen functional groups attached to an aromatic ring is 1. The molecule has 0 aliphatic carbocycles. The van der Waals surface area contributed by atoms with Gasteiger partial charge in [0.15, 0.2) is 0 Å². The van der Waals surface area contributed by atoms with Gasteiger partial charge in [-0.15, -0.1) is 0 Å². The van der Waals surface area contributed by atoms with Crippen molar-refractivity contribution in [2.45, 2.75) is 6.92 Å². The molecule has 0 bridgehead atoms. The largest absolute Gasteiger partial charge is 1.00 e. The molecule has 0 radical (unpaired) electrons. The Morgan fingerprint density at radius 2 is 2.00 bits per heavy atom. The number of anilines is 1. The van der Waals surface area contributed by atoms with Gasteiger partial charge in [-0.05, 0) is 24.6 Å². The molecule has 0 saturated heterocycles. The molecule has 2 N–H and O–H groups in total. The molecule has 0 heterocycles. The van der Waals surface area contributed by atoms with Crippen LogP contribution >= 0.6 is 11.6 Å². The molecule has 4 heteroatoms. The molecular weight excluding hydrogens is 173 g/mol. The van der Waals surface area contributed by atoms with Gasteiger partial charge in [-0.2, -0.15) is 0 Å². The Labute approximate surface area is 92.6 Å². The first-order valence-corrected chi connectivity index (χ1v) is 3.21. The normalized spacial score (nSPS) is 8.91. The molecule has 1 aromatic rings. The summed E-state index contributed by atoms with van der Waals surface area (Å²) in [5.41, 5.74) is 6.40. The number of hydrogen-bond donors (Lipinski definition) is 1. The topological polar surface area (TPSA) is 49.1 Å². The molecule has 54 valence electrons. The predicted molar refractivity (Wildman–Crippen MR) is 40.0 cm³/mol. The van der Waals surface area contributed by atoms with E-state index < -0.39 is 0 Å². The van der Waals surface area contributed by atoms with Gasteiger partial charge in [0.1, 0.15) is 0 Å². The molecule has 2 nitrogen and oxygen atoms in total. The van der Waals surface area contributed by atoms with Gasteiger partial charge >= 0.3 is 29.6 Å². The number of hydrogen-bond acceptors (Lipinski definition) is 2. The van der Waals surface area contributed by atoms with Crippen molar-refractivity contribution < 1.29 is 34.7 Å². The SMILES string of the molecule is Cc1cc(N)c([O-])cc1Cl.[Na+]. The molecule has 0 aromatic heterocycles. The summed E-state index contributed by atoms with van der Waals surface area (Å²) < 4.78 is 0. The van der Waals surface area contributed by atoms with E-state index in [0.29, 0.717) is 5.02 Å². The maximum atomic E-state index is 10.8. The van der Waals surface area contributed by atoms with Crippen LogP contribution in [0.1, 0.15) is 5.56 Å². The Balaban J connectivity index is 0.000001000. The van der Waals surface area contributed by atoms with E-state index in [1.54, 1.807) is 13.0 Å². The first-order valence-electron chi connectivity index (χ1n) is 2.84. The van der Waals surface area contributed by atoms with Gasteiger partial charge in [-0.1, -0.05) is 17.4 Å². The zero-order valence-electron chi connectivity index (χ0n) is 6.52. The summed E-state index contributed by atoms with van der Waals surface area (Å²) in [6, 6.07) is 2.90. The van der Waals surface area contributed by atoms with E-state index in [1.807, 2.05) is 0 Å². The van der Waals surface area contributed by atoms with Crippen molar-refractivity contribution in [1.82, 2.24) is 0 Å². The average molecular weight is 180 g/mol. The van der Waals surface area contributed by atoms with Gasteiger partial charge in [0.25, 0.3) is 0 Å². The van der Waals surface area contributed by atoms with E-state index in [2.05, 4.69) is 0 Å². The molecule has 0 unspecified atom stereocenters. The van der Waals surface area contributed by atoms with E-state index in [1.165, 1.54) is 6.07 Å². The smallest absolute Gasteiger partial charge is 0.871 e. The van der Waals surface area contributed by atoms with Crippen LogP contribution in [0.4, 0.5) is 5.69 Å². The van der Waals surface area contributed by atoms with Gasteiger partial charge in [0.2, 0.25) is 0 Å². The van der Waals surface area contributed by atoms with Crippen LogP contribution in [0, 0.1) is 6.92 Å². The molecule has 0 aliphatic rings. The molecule has 0 spiro atoms. The molecular formula is C7H7ClNNaO. The second kappa shape index (κ2) is 4.21. The van der Waals surface area contributed by atoms with Crippen molar-refractivity contribution in [3.8, 4) is 5.75 Å². The standard InChI is InChI=1S/C7H8ClNO.Na/c1-4-2-6(9)7(10)3-5(4)8;/h2-3,10H,9H2,1H3;/q;+1/p-1. The fraction of sp³-hybridized carbons (Fsp3) is 0.143. The third-order valence-corrected chi connectivity index (χ3v) is 1.70. The zero-order chi connectivity index (χ0) is 7.72. The number of halogens is 1. The Morgan fingerprint density at radius 3 is 2.45 bits per heavy atom. The van der Waals surface area contributed by atoms with Crippen molar-refractivity contribution in [1.29, 1.82) is 0 Å². The molecule has 11 heavy (non-hydrogen) atoms. The molecule has 0 amide bonds. The first-order chi connectivity index (χ1) is 4.61. The van der Waals surface area contributed by atoms with E-state index >= 15 is 0 Å². The van der Waals surface area contributed by atoms with E-state index in [4.69, 9.17) is 17.3 Å². The molecule has 1 rings (SSSR count). The van der Waals surface area contributed by atoms with Crippen LogP contribution in [-0.2, 0) is 0 Å². The van der Waals surface area contributed by atoms with E-state index in [0.717, 1.165) is 5.56 Å². The van der Waals surface area contributed by atoms with Crippen molar-refractivity contribution in [2.24, 2.45) is 0 Å². The summed E-state index contributed by atoms with van der Waals surface area (Å²) in [4.78, 5) is 0. The van der Waals surface area contributed by atoms with Crippen LogP contribution in [0.3, 0.4) is 0 Å². The first kappa shape index (κ1) is 11.1. The molecule has 0 atom stereocenters. The zero-order valence-corrected chi connectivity index (χ0v) is 9.27. The number of rotatable bonds is 0. The third-order valence-electron chi connectivity index (χ3n) is 1.29. The monoisotopic (exact) mass is 179 g/mol. The van der Waals surface area contributed by atoms with Crippen LogP contribution in [0.15, 0.2) is 12.1 Å². The fourth-order valence-corrected chi connectivity index (χ4v) is 0.839. The Hall–Kier alpha value is 0.110. The fourth-order valence-electron chi connectivity index (χ4n) is 0.686. The third kappa shape index (κ3) is 2.56. The maximum Gasteiger partial charge on any atom is 1.00 e. The van der Waals surface area contributed by atoms with Crippen LogP contribution in [0.2, 0.25) is 5.02 Å². The summed E-state index contributed by atoms with van der Waals surface area (Å²) in [7, 11) is 0. The van der Waals surface area contributed by atoms with Crippen molar-refractivity contribution in [3.05, 3.63) is 22.7 Å². The Bertz CT molecular complexity index is 215. The molecule has 0 saturated carbocycles. The summed E-state index contributed by atoms with van der Waals surface area (Å²) >= 11 is 5.63. The van der Waals surface area contributed by atoms with Crippen LogP contribution in [0.25, 0.3) is 0 Å². The number of benzene rings is 1.